The maximum Gasteiger partial charge on any atom is 0.188 e. The van der Waals surface area contributed by atoms with Crippen LogP contribution in [-0.4, -0.2) is 56.3 Å². The first-order valence-corrected chi connectivity index (χ1v) is 8.15. The number of nitrogens with two attached hydrogens (primary N) is 1. The standard InChI is InChI=1S/C15H30N4O.HI/c1-2-19-9-6-13(7-10-19)5-8-17-15(16)18-12-14-4-3-11-20-14;/h13-14H,2-12H2,1H3,(H3,16,17,18);1H. The van der Waals surface area contributed by atoms with Gasteiger partial charge in [0.25, 0.3) is 0 Å². The van der Waals surface area contributed by atoms with Gasteiger partial charge in [0, 0.05) is 13.2 Å². The molecule has 0 radical (unpaired) electrons. The fraction of sp³-hybridized carbons (Fsp3) is 0.933. The summed E-state index contributed by atoms with van der Waals surface area (Å²) in [4.78, 5) is 6.89. The molecule has 2 rings (SSSR count). The van der Waals surface area contributed by atoms with E-state index >= 15 is 0 Å². The molecule has 5 nitrogen and oxygen atoms in total. The molecule has 2 aliphatic rings. The zero-order valence-electron chi connectivity index (χ0n) is 13.2. The quantitative estimate of drug-likeness (QED) is 0.398. The Labute approximate surface area is 146 Å². The number of nitrogens with one attached hydrogen (secondary N) is 1. The summed E-state index contributed by atoms with van der Waals surface area (Å²) in [5.41, 5.74) is 5.89. The van der Waals surface area contributed by atoms with Crippen molar-refractivity contribution in [2.45, 2.75) is 45.1 Å². The molecule has 0 spiro atoms. The SMILES string of the molecule is CCN1CCC(CCNC(N)=NCC2CCCO2)CC1.I. The number of hydrogen-bond donors (Lipinski definition) is 2. The molecule has 0 aliphatic carbocycles. The van der Waals surface area contributed by atoms with Crippen LogP contribution in [0.5, 0.6) is 0 Å². The predicted molar refractivity (Wildman–Crippen MR) is 98.3 cm³/mol. The molecule has 3 N–H and O–H groups in total. The predicted octanol–water partition coefficient (Wildman–Crippen LogP) is 1.81. The van der Waals surface area contributed by atoms with E-state index in [1.807, 2.05) is 0 Å². The molecule has 124 valence electrons. The van der Waals surface area contributed by atoms with E-state index in [1.165, 1.54) is 38.9 Å². The second kappa shape index (κ2) is 10.6. The number of nitrogens with zero attached hydrogens (tertiary/aromatic N) is 2. The lowest BCUT2D eigenvalue weighted by Crippen LogP contribution is -2.37. The number of hydrogen-bond acceptors (Lipinski definition) is 3. The first-order valence-electron chi connectivity index (χ1n) is 8.15. The first-order chi connectivity index (χ1) is 9.78. The van der Waals surface area contributed by atoms with Crippen molar-refractivity contribution in [3.63, 3.8) is 0 Å². The van der Waals surface area contributed by atoms with Crippen molar-refractivity contribution in [2.75, 3.05) is 39.3 Å². The Bertz CT molecular complexity index is 300. The number of ether oxygens (including phenoxy) is 1. The van der Waals surface area contributed by atoms with E-state index in [9.17, 15) is 0 Å². The van der Waals surface area contributed by atoms with Gasteiger partial charge in [0.15, 0.2) is 5.96 Å². The van der Waals surface area contributed by atoms with E-state index in [1.54, 1.807) is 0 Å². The van der Waals surface area contributed by atoms with Crippen LogP contribution in [0.15, 0.2) is 4.99 Å². The van der Waals surface area contributed by atoms with E-state index in [0.717, 1.165) is 31.9 Å². The molecule has 0 amide bonds. The molecule has 0 bridgehead atoms. The number of aliphatic imine (C=N–C) groups is 1. The molecule has 0 aromatic rings. The molecule has 0 saturated carbocycles. The summed E-state index contributed by atoms with van der Waals surface area (Å²) in [7, 11) is 0. The van der Waals surface area contributed by atoms with Crippen LogP contribution in [0, 0.1) is 5.92 Å². The van der Waals surface area contributed by atoms with Crippen molar-refractivity contribution < 1.29 is 4.74 Å². The summed E-state index contributed by atoms with van der Waals surface area (Å²) in [5, 5.41) is 3.24. The zero-order valence-corrected chi connectivity index (χ0v) is 15.6. The lowest BCUT2D eigenvalue weighted by Gasteiger charge is -2.31. The maximum atomic E-state index is 5.89. The highest BCUT2D eigenvalue weighted by Gasteiger charge is 2.17. The van der Waals surface area contributed by atoms with Gasteiger partial charge in [-0.2, -0.15) is 0 Å². The minimum atomic E-state index is 0. The molecule has 1 unspecified atom stereocenters. The van der Waals surface area contributed by atoms with Gasteiger partial charge in [0.2, 0.25) is 0 Å². The van der Waals surface area contributed by atoms with Crippen LogP contribution < -0.4 is 11.1 Å². The summed E-state index contributed by atoms with van der Waals surface area (Å²) >= 11 is 0. The van der Waals surface area contributed by atoms with Gasteiger partial charge in [-0.1, -0.05) is 6.92 Å². The summed E-state index contributed by atoms with van der Waals surface area (Å²) in [6.45, 7) is 8.46. The maximum absolute atomic E-state index is 5.89. The number of rotatable bonds is 6. The largest absolute Gasteiger partial charge is 0.376 e. The number of guanidine groups is 1. The minimum absolute atomic E-state index is 0. The van der Waals surface area contributed by atoms with Crippen LogP contribution in [0.3, 0.4) is 0 Å². The molecular weight excluding hydrogens is 379 g/mol. The Morgan fingerprint density at radius 2 is 2.10 bits per heavy atom. The Balaban J connectivity index is 0.00000220. The Hall–Kier alpha value is -0.0800. The van der Waals surface area contributed by atoms with Crippen molar-refractivity contribution in [1.82, 2.24) is 10.2 Å². The molecule has 1 atom stereocenters. The van der Waals surface area contributed by atoms with Crippen LogP contribution in [0.2, 0.25) is 0 Å². The number of halogens is 1. The first kappa shape index (κ1) is 19.0. The average Bonchev–Trinajstić information content (AvgIpc) is 2.99. The second-order valence-electron chi connectivity index (χ2n) is 5.95. The topological polar surface area (TPSA) is 62.9 Å². The summed E-state index contributed by atoms with van der Waals surface area (Å²) in [5.74, 6) is 1.42. The fourth-order valence-corrected chi connectivity index (χ4v) is 3.04. The smallest absolute Gasteiger partial charge is 0.188 e. The Kier molecular flexibility index (Phi) is 9.59. The molecule has 21 heavy (non-hydrogen) atoms. The van der Waals surface area contributed by atoms with Crippen LogP contribution in [0.25, 0.3) is 0 Å². The third kappa shape index (κ3) is 7.15. The van der Waals surface area contributed by atoms with Gasteiger partial charge in [-0.15, -0.1) is 24.0 Å². The van der Waals surface area contributed by atoms with E-state index in [-0.39, 0.29) is 30.1 Å². The monoisotopic (exact) mass is 410 g/mol. The Morgan fingerprint density at radius 1 is 1.33 bits per heavy atom. The highest BCUT2D eigenvalue weighted by Crippen LogP contribution is 2.19. The van der Waals surface area contributed by atoms with Crippen molar-refractivity contribution in [1.29, 1.82) is 0 Å². The number of piperidine rings is 1. The molecule has 0 aromatic carbocycles. The van der Waals surface area contributed by atoms with Crippen LogP contribution in [0.1, 0.15) is 39.0 Å². The molecular formula is C15H31IN4O. The molecule has 6 heteroatoms. The molecule has 2 saturated heterocycles. The number of likely N-dealkylation sites (tertiary alicyclic amines) is 1. The minimum Gasteiger partial charge on any atom is -0.376 e. The van der Waals surface area contributed by atoms with E-state index in [0.29, 0.717) is 12.5 Å². The van der Waals surface area contributed by atoms with Gasteiger partial charge < -0.3 is 20.7 Å². The van der Waals surface area contributed by atoms with Gasteiger partial charge >= 0.3 is 0 Å². The van der Waals surface area contributed by atoms with Gasteiger partial charge in [-0.25, -0.2) is 0 Å². The fourth-order valence-electron chi connectivity index (χ4n) is 3.04. The molecule has 2 aliphatic heterocycles. The zero-order chi connectivity index (χ0) is 14.2. The third-order valence-electron chi connectivity index (χ3n) is 4.50. The van der Waals surface area contributed by atoms with Crippen molar-refractivity contribution in [3.05, 3.63) is 0 Å². The molecule has 2 fully saturated rings. The van der Waals surface area contributed by atoms with E-state index in [4.69, 9.17) is 10.5 Å². The Morgan fingerprint density at radius 3 is 2.71 bits per heavy atom. The van der Waals surface area contributed by atoms with Gasteiger partial charge in [0.1, 0.15) is 0 Å². The van der Waals surface area contributed by atoms with E-state index < -0.39 is 0 Å². The highest BCUT2D eigenvalue weighted by atomic mass is 127. The third-order valence-corrected chi connectivity index (χ3v) is 4.50. The van der Waals surface area contributed by atoms with Crippen LogP contribution >= 0.6 is 24.0 Å². The lowest BCUT2D eigenvalue weighted by atomic mass is 9.93. The summed E-state index contributed by atoms with van der Waals surface area (Å²) < 4.78 is 5.53. The van der Waals surface area contributed by atoms with Gasteiger partial charge in [-0.3, -0.25) is 4.99 Å². The van der Waals surface area contributed by atoms with Crippen molar-refractivity contribution >= 4 is 29.9 Å². The van der Waals surface area contributed by atoms with Crippen molar-refractivity contribution in [3.8, 4) is 0 Å². The molecule has 2 heterocycles. The summed E-state index contributed by atoms with van der Waals surface area (Å²) in [6.07, 6.45) is 6.41. The van der Waals surface area contributed by atoms with Crippen LogP contribution in [-0.2, 0) is 4.74 Å². The lowest BCUT2D eigenvalue weighted by molar-refractivity contribution is 0.117. The molecule has 0 aromatic heterocycles. The second-order valence-corrected chi connectivity index (χ2v) is 5.95. The van der Waals surface area contributed by atoms with E-state index in [2.05, 4.69) is 22.1 Å². The highest BCUT2D eigenvalue weighted by molar-refractivity contribution is 14.0. The normalized spacial score (nSPS) is 24.8. The summed E-state index contributed by atoms with van der Waals surface area (Å²) in [6, 6.07) is 0. The van der Waals surface area contributed by atoms with Crippen LogP contribution in [0.4, 0.5) is 0 Å². The average molecular weight is 410 g/mol. The van der Waals surface area contributed by atoms with Crippen molar-refractivity contribution in [2.24, 2.45) is 16.6 Å². The van der Waals surface area contributed by atoms with Gasteiger partial charge in [0.05, 0.1) is 12.6 Å². The van der Waals surface area contributed by atoms with Gasteiger partial charge in [-0.05, 0) is 57.7 Å².